The molecule has 1 aliphatic heterocycles. The number of nitrogens with one attached hydrogen (secondary N) is 1. The van der Waals surface area contributed by atoms with Crippen LogP contribution in [0.15, 0.2) is 77.7 Å². The van der Waals surface area contributed by atoms with Crippen LogP contribution in [0.3, 0.4) is 0 Å². The van der Waals surface area contributed by atoms with Crippen molar-refractivity contribution in [2.24, 2.45) is 0 Å². The summed E-state index contributed by atoms with van der Waals surface area (Å²) in [4.78, 5) is 14.8. The summed E-state index contributed by atoms with van der Waals surface area (Å²) in [5, 5.41) is 0. The summed E-state index contributed by atoms with van der Waals surface area (Å²) in [5.41, 5.74) is 2.75. The Hall–Kier alpha value is -3.23. The van der Waals surface area contributed by atoms with Crippen LogP contribution in [-0.2, 0) is 16.6 Å². The Morgan fingerprint density at radius 3 is 2.44 bits per heavy atom. The van der Waals surface area contributed by atoms with Gasteiger partial charge in [-0.1, -0.05) is 35.9 Å². The third-order valence-corrected chi connectivity index (χ3v) is 7.33. The van der Waals surface area contributed by atoms with Crippen LogP contribution in [0.4, 0.5) is 4.39 Å². The molecule has 6 nitrogen and oxygen atoms in total. The minimum Gasteiger partial charge on any atom is -0.489 e. The van der Waals surface area contributed by atoms with Gasteiger partial charge in [0.15, 0.2) is 0 Å². The number of carbonyl (C=O) groups excluding carboxylic acids is 1. The lowest BCUT2D eigenvalue weighted by molar-refractivity contribution is 0.0711. The molecule has 1 N–H and O–H groups in total. The molecule has 0 aliphatic carbocycles. The molecule has 0 bridgehead atoms. The molecular formula is C26H27FN2O4S. The normalized spacial score (nSPS) is 14.7. The van der Waals surface area contributed by atoms with Gasteiger partial charge < -0.3 is 9.64 Å². The van der Waals surface area contributed by atoms with Crippen LogP contribution in [-0.4, -0.2) is 38.4 Å². The minimum absolute atomic E-state index is 0.0230. The second kappa shape index (κ2) is 10.4. The molecule has 1 amide bonds. The average molecular weight is 483 g/mol. The Labute approximate surface area is 199 Å². The molecule has 178 valence electrons. The van der Waals surface area contributed by atoms with Crippen LogP contribution in [0.1, 0.15) is 34.3 Å². The molecule has 1 saturated heterocycles. The first-order chi connectivity index (χ1) is 16.3. The molecule has 3 aromatic carbocycles. The van der Waals surface area contributed by atoms with Crippen LogP contribution in [0.5, 0.6) is 5.75 Å². The molecule has 0 spiro atoms. The van der Waals surface area contributed by atoms with E-state index in [9.17, 15) is 17.6 Å². The van der Waals surface area contributed by atoms with E-state index in [1.54, 1.807) is 23.1 Å². The molecule has 0 saturated carbocycles. The Kier molecular flexibility index (Phi) is 7.29. The maximum atomic E-state index is 13.1. The van der Waals surface area contributed by atoms with Gasteiger partial charge in [-0.2, -0.15) is 0 Å². The molecule has 1 heterocycles. The number of piperidine rings is 1. The molecule has 8 heteroatoms. The zero-order valence-corrected chi connectivity index (χ0v) is 19.7. The highest BCUT2D eigenvalue weighted by molar-refractivity contribution is 7.89. The third-order valence-electron chi connectivity index (χ3n) is 5.80. The largest absolute Gasteiger partial charge is 0.489 e. The highest BCUT2D eigenvalue weighted by atomic mass is 32.2. The number of nitrogens with zero attached hydrogens (tertiary/aromatic N) is 1. The van der Waals surface area contributed by atoms with E-state index in [4.69, 9.17) is 4.74 Å². The fourth-order valence-corrected chi connectivity index (χ4v) is 5.28. The van der Waals surface area contributed by atoms with Crippen molar-refractivity contribution in [1.82, 2.24) is 9.62 Å². The lowest BCUT2D eigenvalue weighted by atomic mass is 10.0. The number of amides is 1. The highest BCUT2D eigenvalue weighted by Gasteiger charge is 2.27. The van der Waals surface area contributed by atoms with Crippen molar-refractivity contribution in [3.05, 3.63) is 95.3 Å². The van der Waals surface area contributed by atoms with E-state index < -0.39 is 15.8 Å². The lowest BCUT2D eigenvalue weighted by Crippen LogP contribution is -2.46. The van der Waals surface area contributed by atoms with Crippen LogP contribution in [0.2, 0.25) is 0 Å². The van der Waals surface area contributed by atoms with Crippen molar-refractivity contribution in [3.63, 3.8) is 0 Å². The van der Waals surface area contributed by atoms with E-state index in [1.807, 2.05) is 31.2 Å². The van der Waals surface area contributed by atoms with Crippen molar-refractivity contribution in [2.45, 2.75) is 37.3 Å². The number of carbonyl (C=O) groups is 1. The van der Waals surface area contributed by atoms with Crippen LogP contribution >= 0.6 is 0 Å². The van der Waals surface area contributed by atoms with Gasteiger partial charge in [-0.05, 0) is 67.8 Å². The summed E-state index contributed by atoms with van der Waals surface area (Å²) in [7, 11) is -3.74. The maximum Gasteiger partial charge on any atom is 0.253 e. The fraction of sp³-hybridized carbons (Fsp3) is 0.269. The first kappa shape index (κ1) is 23.9. The molecule has 0 radical (unpaired) electrons. The molecule has 1 aliphatic rings. The standard InChI is InChI=1S/C26H27FN2O4S/c1-19-4-2-5-20(16-19)18-33-24-7-3-6-21(17-24)26(30)29-14-12-23(13-15-29)28-34(31,32)25-10-8-22(27)9-11-25/h2-11,16-17,23,28H,12-15,18H2,1H3. The number of benzene rings is 3. The van der Waals surface area contributed by atoms with Crippen molar-refractivity contribution in [3.8, 4) is 5.75 Å². The van der Waals surface area contributed by atoms with Gasteiger partial charge in [0, 0.05) is 24.7 Å². The van der Waals surface area contributed by atoms with E-state index in [1.165, 1.54) is 12.1 Å². The molecule has 1 fully saturated rings. The molecular weight excluding hydrogens is 455 g/mol. The zero-order chi connectivity index (χ0) is 24.1. The predicted octanol–water partition coefficient (Wildman–Crippen LogP) is 4.30. The first-order valence-corrected chi connectivity index (χ1v) is 12.6. The molecule has 3 aromatic rings. The predicted molar refractivity (Wildman–Crippen MR) is 128 cm³/mol. The van der Waals surface area contributed by atoms with Crippen LogP contribution < -0.4 is 9.46 Å². The number of halogens is 1. The molecule has 34 heavy (non-hydrogen) atoms. The molecule has 0 aromatic heterocycles. The summed E-state index contributed by atoms with van der Waals surface area (Å²) in [5.74, 6) is 0.0190. The van der Waals surface area contributed by atoms with Crippen molar-refractivity contribution in [1.29, 1.82) is 0 Å². The quantitative estimate of drug-likeness (QED) is 0.545. The second-order valence-electron chi connectivity index (χ2n) is 8.45. The highest BCUT2D eigenvalue weighted by Crippen LogP contribution is 2.20. The summed E-state index contributed by atoms with van der Waals surface area (Å²) in [6.07, 6.45) is 0.991. The van der Waals surface area contributed by atoms with Crippen LogP contribution in [0.25, 0.3) is 0 Å². The number of rotatable bonds is 7. The van der Waals surface area contributed by atoms with Gasteiger partial charge in [-0.15, -0.1) is 0 Å². The lowest BCUT2D eigenvalue weighted by Gasteiger charge is -2.32. The summed E-state index contributed by atoms with van der Waals surface area (Å²) in [6, 6.07) is 19.6. The minimum atomic E-state index is -3.74. The number of sulfonamides is 1. The number of hydrogen-bond acceptors (Lipinski definition) is 4. The van der Waals surface area contributed by atoms with Crippen molar-refractivity contribution < 1.29 is 22.3 Å². The first-order valence-electron chi connectivity index (χ1n) is 11.2. The Bertz CT molecular complexity index is 1250. The van der Waals surface area contributed by atoms with E-state index in [2.05, 4.69) is 10.8 Å². The number of aryl methyl sites for hydroxylation is 1. The topological polar surface area (TPSA) is 75.7 Å². The van der Waals surface area contributed by atoms with Crippen LogP contribution in [0, 0.1) is 12.7 Å². The fourth-order valence-electron chi connectivity index (χ4n) is 3.97. The van der Waals surface area contributed by atoms with Gasteiger partial charge in [-0.25, -0.2) is 17.5 Å². The number of likely N-dealkylation sites (tertiary alicyclic amines) is 1. The summed E-state index contributed by atoms with van der Waals surface area (Å²) in [6.45, 7) is 3.31. The number of ether oxygens (including phenoxy) is 1. The molecule has 0 unspecified atom stereocenters. The Balaban J connectivity index is 1.32. The van der Waals surface area contributed by atoms with E-state index in [-0.39, 0.29) is 16.8 Å². The van der Waals surface area contributed by atoms with Gasteiger partial charge in [0.1, 0.15) is 18.2 Å². The zero-order valence-electron chi connectivity index (χ0n) is 18.9. The monoisotopic (exact) mass is 482 g/mol. The second-order valence-corrected chi connectivity index (χ2v) is 10.2. The summed E-state index contributed by atoms with van der Waals surface area (Å²) >= 11 is 0. The SMILES string of the molecule is Cc1cccc(COc2cccc(C(=O)N3CCC(NS(=O)(=O)c4ccc(F)cc4)CC3)c2)c1. The third kappa shape index (κ3) is 6.01. The van der Waals surface area contributed by atoms with Crippen molar-refractivity contribution >= 4 is 15.9 Å². The van der Waals surface area contributed by atoms with E-state index >= 15 is 0 Å². The molecule has 0 atom stereocenters. The Morgan fingerprint density at radius 2 is 1.74 bits per heavy atom. The smallest absolute Gasteiger partial charge is 0.253 e. The van der Waals surface area contributed by atoms with Gasteiger partial charge in [0.25, 0.3) is 5.91 Å². The van der Waals surface area contributed by atoms with Gasteiger partial charge in [0.05, 0.1) is 4.90 Å². The van der Waals surface area contributed by atoms with E-state index in [0.29, 0.717) is 43.9 Å². The Morgan fingerprint density at radius 1 is 1.03 bits per heavy atom. The van der Waals surface area contributed by atoms with Crippen molar-refractivity contribution in [2.75, 3.05) is 13.1 Å². The average Bonchev–Trinajstić information content (AvgIpc) is 2.83. The summed E-state index contributed by atoms with van der Waals surface area (Å²) < 4.78 is 46.7. The number of hydrogen-bond donors (Lipinski definition) is 1. The maximum absolute atomic E-state index is 13.1. The van der Waals surface area contributed by atoms with Gasteiger partial charge >= 0.3 is 0 Å². The molecule has 4 rings (SSSR count). The van der Waals surface area contributed by atoms with Gasteiger partial charge in [-0.3, -0.25) is 4.79 Å². The van der Waals surface area contributed by atoms with E-state index in [0.717, 1.165) is 23.3 Å². The van der Waals surface area contributed by atoms with Gasteiger partial charge in [0.2, 0.25) is 10.0 Å².